The van der Waals surface area contributed by atoms with Crippen LogP contribution in [0.5, 0.6) is 0 Å². The van der Waals surface area contributed by atoms with Crippen molar-refractivity contribution >= 4 is 57.8 Å². The van der Waals surface area contributed by atoms with Gasteiger partial charge in [-0.05, 0) is 5.92 Å². The van der Waals surface area contributed by atoms with Crippen molar-refractivity contribution in [3.8, 4) is 0 Å². The van der Waals surface area contributed by atoms with Gasteiger partial charge in [-0.25, -0.2) is 4.79 Å². The number of β-lactam (4-membered cyclic amide) rings is 1. The van der Waals surface area contributed by atoms with Gasteiger partial charge in [0.2, 0.25) is 17.4 Å². The lowest BCUT2D eigenvalue weighted by molar-refractivity contribution is -0.910. The lowest BCUT2D eigenvalue weighted by atomic mass is 10.0. The van der Waals surface area contributed by atoms with Crippen LogP contribution in [0.3, 0.4) is 0 Å². The second kappa shape index (κ2) is 9.81. The minimum atomic E-state index is -1.18. The molecule has 3 amide bonds. The standard InChI is InChI=1S/C22H28N8O6S2/c1-24-17(31)12-10-4-5-30(2,7-11(10)12)6-9-8-37-20-14(19(33)29(20)15(9)21(34)35)25-18(32)13(27-36-3)16-26-22(23)38-28-16/h10-12,14,20H,4-8H2,1-3H3,(H4-,23,24,25,26,28,31,32,34,35)/p+1/b27-13-/t10?,11?,12?,14-,20+,30?/m1/s1. The maximum Gasteiger partial charge on any atom is 0.352 e. The zero-order valence-electron chi connectivity index (χ0n) is 21.0. The predicted molar refractivity (Wildman–Crippen MR) is 137 cm³/mol. The molecule has 1 aliphatic carbocycles. The van der Waals surface area contributed by atoms with E-state index in [2.05, 4.69) is 32.2 Å². The van der Waals surface area contributed by atoms with Crippen molar-refractivity contribution < 1.29 is 33.6 Å². The molecular weight excluding hydrogens is 536 g/mol. The number of fused-ring (bicyclic) bond motifs is 2. The summed E-state index contributed by atoms with van der Waals surface area (Å²) in [6.07, 6.45) is 0.909. The molecule has 6 atom stereocenters. The Morgan fingerprint density at radius 2 is 2.11 bits per heavy atom. The molecule has 16 heteroatoms. The van der Waals surface area contributed by atoms with Crippen LogP contribution in [-0.2, 0) is 24.0 Å². The van der Waals surface area contributed by atoms with Gasteiger partial charge in [0.1, 0.15) is 30.8 Å². The number of aliphatic carboxylic acids is 1. The fraction of sp³-hybridized carbons (Fsp3) is 0.591. The number of likely N-dealkylation sites (tertiary alicyclic amines) is 1. The average molecular weight is 566 g/mol. The van der Waals surface area contributed by atoms with Gasteiger partial charge in [0.25, 0.3) is 11.8 Å². The number of nitrogens with two attached hydrogens (primary N) is 1. The highest BCUT2D eigenvalue weighted by Crippen LogP contribution is 2.53. The predicted octanol–water partition coefficient (Wildman–Crippen LogP) is -1.33. The van der Waals surface area contributed by atoms with Crippen LogP contribution in [-0.4, -0.2) is 111 Å². The number of hydrogen-bond donors (Lipinski definition) is 4. The monoisotopic (exact) mass is 565 g/mol. The third-order valence-electron chi connectivity index (χ3n) is 7.69. The highest BCUT2D eigenvalue weighted by atomic mass is 32.2. The molecular formula is C22H29N8O6S2+. The maximum atomic E-state index is 13.1. The Hall–Kier alpha value is -3.24. The second-order valence-corrected chi connectivity index (χ2v) is 12.0. The van der Waals surface area contributed by atoms with Crippen LogP contribution in [0.1, 0.15) is 12.2 Å². The molecule has 0 bridgehead atoms. The van der Waals surface area contributed by atoms with E-state index < -0.39 is 29.2 Å². The summed E-state index contributed by atoms with van der Waals surface area (Å²) in [6, 6.07) is -0.943. The maximum absolute atomic E-state index is 13.1. The van der Waals surface area contributed by atoms with Gasteiger partial charge < -0.3 is 30.8 Å². The Labute approximate surface area is 226 Å². The summed E-state index contributed by atoms with van der Waals surface area (Å²) in [5.74, 6) is -1.26. The largest absolute Gasteiger partial charge is 0.477 e. The smallest absolute Gasteiger partial charge is 0.352 e. The van der Waals surface area contributed by atoms with E-state index in [4.69, 9.17) is 10.6 Å². The van der Waals surface area contributed by atoms with Crippen molar-refractivity contribution in [1.82, 2.24) is 24.9 Å². The quantitative estimate of drug-likeness (QED) is 0.127. The molecule has 0 spiro atoms. The molecule has 4 unspecified atom stereocenters. The zero-order valence-corrected chi connectivity index (χ0v) is 22.7. The number of carboxylic acid groups (broad SMARTS) is 1. The number of likely N-dealkylation sites (N-methyl/N-ethyl adjacent to an activating group) is 1. The van der Waals surface area contributed by atoms with E-state index in [1.54, 1.807) is 7.05 Å². The summed E-state index contributed by atoms with van der Waals surface area (Å²) in [6.45, 7) is 2.10. The van der Waals surface area contributed by atoms with Gasteiger partial charge in [0.05, 0.1) is 20.1 Å². The number of oxime groups is 1. The van der Waals surface area contributed by atoms with E-state index in [-0.39, 0.29) is 34.2 Å². The number of rotatable bonds is 8. The lowest BCUT2D eigenvalue weighted by Crippen LogP contribution is -2.71. The molecule has 4 aliphatic rings. The molecule has 14 nitrogen and oxygen atoms in total. The summed E-state index contributed by atoms with van der Waals surface area (Å²) < 4.78 is 4.59. The van der Waals surface area contributed by atoms with Crippen LogP contribution < -0.4 is 16.4 Å². The van der Waals surface area contributed by atoms with Gasteiger partial charge in [-0.2, -0.15) is 9.36 Å². The number of carbonyl (C=O) groups excluding carboxylic acids is 3. The van der Waals surface area contributed by atoms with Crippen molar-refractivity contribution in [2.45, 2.75) is 17.8 Å². The normalized spacial score (nSPS) is 32.1. The number of hydrogen-bond acceptors (Lipinski definition) is 11. The zero-order chi connectivity index (χ0) is 27.4. The molecule has 3 fully saturated rings. The first-order chi connectivity index (χ1) is 18.1. The molecule has 2 saturated heterocycles. The first kappa shape index (κ1) is 26.4. The number of quaternary nitrogens is 1. The van der Waals surface area contributed by atoms with E-state index >= 15 is 0 Å². The number of thioether (sulfide) groups is 1. The number of nitrogens with one attached hydrogen (secondary N) is 2. The van der Waals surface area contributed by atoms with E-state index in [1.165, 1.54) is 23.8 Å². The van der Waals surface area contributed by atoms with Gasteiger partial charge >= 0.3 is 5.97 Å². The summed E-state index contributed by atoms with van der Waals surface area (Å²) in [7, 11) is 4.99. The van der Waals surface area contributed by atoms with E-state index in [1.807, 2.05) is 0 Å². The summed E-state index contributed by atoms with van der Waals surface area (Å²) >= 11 is 2.29. The fourth-order valence-electron chi connectivity index (χ4n) is 5.93. The highest BCUT2D eigenvalue weighted by molar-refractivity contribution is 8.00. The fourth-order valence-corrected chi connectivity index (χ4v) is 7.70. The molecule has 38 heavy (non-hydrogen) atoms. The van der Waals surface area contributed by atoms with Crippen LogP contribution in [0.25, 0.3) is 0 Å². The van der Waals surface area contributed by atoms with Crippen molar-refractivity contribution in [2.75, 3.05) is 52.3 Å². The van der Waals surface area contributed by atoms with Crippen LogP contribution in [0.15, 0.2) is 16.4 Å². The number of aromatic nitrogens is 2. The second-order valence-electron chi connectivity index (χ2n) is 10.1. The summed E-state index contributed by atoms with van der Waals surface area (Å²) in [5.41, 5.74) is 6.02. The first-order valence-corrected chi connectivity index (χ1v) is 13.9. The number of carboxylic acids is 1. The Kier molecular flexibility index (Phi) is 6.81. The van der Waals surface area contributed by atoms with Crippen LogP contribution in [0.2, 0.25) is 0 Å². The Morgan fingerprint density at radius 1 is 1.34 bits per heavy atom. The Balaban J connectivity index is 1.30. The van der Waals surface area contributed by atoms with Gasteiger partial charge in [-0.1, -0.05) is 5.16 Å². The van der Waals surface area contributed by atoms with Crippen molar-refractivity contribution in [3.05, 3.63) is 17.1 Å². The van der Waals surface area contributed by atoms with Crippen molar-refractivity contribution in [1.29, 1.82) is 0 Å². The summed E-state index contributed by atoms with van der Waals surface area (Å²) in [4.78, 5) is 60.5. The third-order valence-corrected chi connectivity index (χ3v) is 9.58. The molecule has 3 aliphatic heterocycles. The number of amides is 3. The third kappa shape index (κ3) is 4.49. The Bertz CT molecular complexity index is 1270. The van der Waals surface area contributed by atoms with Crippen LogP contribution in [0, 0.1) is 17.8 Å². The molecule has 204 valence electrons. The molecule has 4 heterocycles. The van der Waals surface area contributed by atoms with E-state index in [0.29, 0.717) is 34.2 Å². The number of anilines is 1. The molecule has 1 saturated carbocycles. The molecule has 1 aromatic heterocycles. The molecule has 5 N–H and O–H groups in total. The molecule has 0 aromatic carbocycles. The van der Waals surface area contributed by atoms with Crippen molar-refractivity contribution in [2.24, 2.45) is 22.9 Å². The summed E-state index contributed by atoms with van der Waals surface area (Å²) in [5, 5.41) is 18.7. The lowest BCUT2D eigenvalue weighted by Gasteiger charge is -2.50. The first-order valence-electron chi connectivity index (χ1n) is 12.0. The number of nitrogen functional groups attached to an aromatic ring is 1. The molecule has 1 aromatic rings. The van der Waals surface area contributed by atoms with Gasteiger partial charge in [-0.15, -0.1) is 11.8 Å². The number of nitrogens with zero attached hydrogens (tertiary/aromatic N) is 5. The average Bonchev–Trinajstić information content (AvgIpc) is 3.42. The molecule has 0 radical (unpaired) electrons. The van der Waals surface area contributed by atoms with Gasteiger partial charge in [0.15, 0.2) is 5.13 Å². The molecule has 5 rings (SSSR count). The van der Waals surface area contributed by atoms with E-state index in [9.17, 15) is 24.3 Å². The number of piperidine rings is 1. The van der Waals surface area contributed by atoms with Crippen molar-refractivity contribution in [3.63, 3.8) is 0 Å². The van der Waals surface area contributed by atoms with E-state index in [0.717, 1.165) is 31.0 Å². The number of carbonyl (C=O) groups is 4. The minimum absolute atomic E-state index is 0.0240. The van der Waals surface area contributed by atoms with Crippen LogP contribution in [0.4, 0.5) is 5.13 Å². The minimum Gasteiger partial charge on any atom is -0.477 e. The van der Waals surface area contributed by atoms with Gasteiger partial charge in [0, 0.05) is 48.2 Å². The van der Waals surface area contributed by atoms with Crippen LogP contribution >= 0.6 is 23.3 Å². The van der Waals surface area contributed by atoms with Gasteiger partial charge in [-0.3, -0.25) is 19.3 Å². The Morgan fingerprint density at radius 3 is 2.74 bits per heavy atom. The topological polar surface area (TPSA) is 189 Å². The highest BCUT2D eigenvalue weighted by Gasteiger charge is 2.61. The SMILES string of the molecule is CNC(=O)C1C2CC[N+](C)(CC3=C(C(=O)O)N4C(=O)[C@@H](NC(=O)/C(=N\OC)c5nsc(N)n5)[C@@H]4SC3)CC21.